The Balaban J connectivity index is 1.39. The Morgan fingerprint density at radius 3 is 2.82 bits per heavy atom. The van der Waals surface area contributed by atoms with Crippen LogP contribution in [0.1, 0.15) is 40.8 Å². The van der Waals surface area contributed by atoms with Gasteiger partial charge in [-0.1, -0.05) is 6.07 Å². The fourth-order valence-electron chi connectivity index (χ4n) is 3.49. The largest absolute Gasteiger partial charge is 0.353 e. The Morgan fingerprint density at radius 2 is 2.14 bits per heavy atom. The number of carbonyl (C=O) groups excluding carboxylic acids is 1. The summed E-state index contributed by atoms with van der Waals surface area (Å²) in [6.07, 6.45) is 5.33. The maximum absolute atomic E-state index is 12.9. The molecule has 0 unspecified atom stereocenters. The standard InChI is InChI=1S/C19H24N8O/c1-26-12-16(11-21-26)22-15-4-2-3-14(9-15)19(28)27-7-5-13(6-8-27)18-23-17(10-20)24-25-18/h2-4,9,11-13,22H,5-8,10,20H2,1H3,(H,23,24,25). The van der Waals surface area contributed by atoms with Gasteiger partial charge in [0.2, 0.25) is 0 Å². The summed E-state index contributed by atoms with van der Waals surface area (Å²) in [5.74, 6) is 1.81. The lowest BCUT2D eigenvalue weighted by molar-refractivity contribution is 0.0711. The van der Waals surface area contributed by atoms with Crippen molar-refractivity contribution in [1.29, 1.82) is 0 Å². The van der Waals surface area contributed by atoms with E-state index in [1.54, 1.807) is 10.9 Å². The zero-order valence-corrected chi connectivity index (χ0v) is 15.8. The monoisotopic (exact) mass is 380 g/mol. The van der Waals surface area contributed by atoms with Crippen LogP contribution >= 0.6 is 0 Å². The summed E-state index contributed by atoms with van der Waals surface area (Å²) in [7, 11) is 1.87. The molecule has 1 aromatic carbocycles. The van der Waals surface area contributed by atoms with E-state index in [0.717, 1.165) is 30.0 Å². The Kier molecular flexibility index (Phi) is 5.07. The third kappa shape index (κ3) is 3.89. The molecule has 28 heavy (non-hydrogen) atoms. The van der Waals surface area contributed by atoms with Gasteiger partial charge in [0.15, 0.2) is 5.82 Å². The van der Waals surface area contributed by atoms with Gasteiger partial charge in [-0.05, 0) is 31.0 Å². The van der Waals surface area contributed by atoms with Crippen LogP contribution in [0.3, 0.4) is 0 Å². The lowest BCUT2D eigenvalue weighted by Crippen LogP contribution is -2.38. The Morgan fingerprint density at radius 1 is 1.32 bits per heavy atom. The van der Waals surface area contributed by atoms with E-state index < -0.39 is 0 Å². The van der Waals surface area contributed by atoms with Gasteiger partial charge < -0.3 is 16.0 Å². The average molecular weight is 380 g/mol. The van der Waals surface area contributed by atoms with Gasteiger partial charge in [-0.3, -0.25) is 14.6 Å². The molecule has 9 nitrogen and oxygen atoms in total. The van der Waals surface area contributed by atoms with Crippen molar-refractivity contribution < 1.29 is 4.79 Å². The number of hydrogen-bond donors (Lipinski definition) is 3. The number of piperidine rings is 1. The van der Waals surface area contributed by atoms with Crippen LogP contribution in [0.2, 0.25) is 0 Å². The number of anilines is 2. The molecular weight excluding hydrogens is 356 g/mol. The first-order chi connectivity index (χ1) is 13.6. The summed E-state index contributed by atoms with van der Waals surface area (Å²) in [5, 5.41) is 14.5. The van der Waals surface area contributed by atoms with Gasteiger partial charge in [0.1, 0.15) is 5.82 Å². The molecule has 0 radical (unpaired) electrons. The summed E-state index contributed by atoms with van der Waals surface area (Å²) in [6, 6.07) is 7.56. The molecule has 4 rings (SSSR count). The Hall–Kier alpha value is -3.20. The number of hydrogen-bond acceptors (Lipinski definition) is 6. The first-order valence-corrected chi connectivity index (χ1v) is 9.38. The molecule has 0 bridgehead atoms. The number of benzene rings is 1. The number of nitrogens with one attached hydrogen (secondary N) is 2. The van der Waals surface area contributed by atoms with E-state index in [1.807, 2.05) is 42.4 Å². The summed E-state index contributed by atoms with van der Waals surface area (Å²) >= 11 is 0. The van der Waals surface area contributed by atoms with E-state index in [2.05, 4.69) is 25.6 Å². The summed E-state index contributed by atoms with van der Waals surface area (Å²) in [6.45, 7) is 1.74. The molecule has 3 aromatic rings. The van der Waals surface area contributed by atoms with Crippen LogP contribution in [0.5, 0.6) is 0 Å². The lowest BCUT2D eigenvalue weighted by atomic mass is 9.95. The molecular formula is C19H24N8O. The molecule has 2 aromatic heterocycles. The highest BCUT2D eigenvalue weighted by atomic mass is 16.2. The average Bonchev–Trinajstić information content (AvgIpc) is 3.37. The second kappa shape index (κ2) is 7.81. The minimum Gasteiger partial charge on any atom is -0.353 e. The van der Waals surface area contributed by atoms with Gasteiger partial charge in [0.25, 0.3) is 5.91 Å². The zero-order valence-electron chi connectivity index (χ0n) is 15.8. The van der Waals surface area contributed by atoms with Gasteiger partial charge in [-0.15, -0.1) is 0 Å². The van der Waals surface area contributed by atoms with Crippen molar-refractivity contribution in [3.8, 4) is 0 Å². The summed E-state index contributed by atoms with van der Waals surface area (Å²) in [5.41, 5.74) is 8.01. The van der Waals surface area contributed by atoms with Gasteiger partial charge in [0, 0.05) is 43.5 Å². The number of likely N-dealkylation sites (tertiary alicyclic amines) is 1. The zero-order chi connectivity index (χ0) is 19.5. The predicted octanol–water partition coefficient (Wildman–Crippen LogP) is 1.76. The van der Waals surface area contributed by atoms with Crippen LogP contribution in [0.25, 0.3) is 0 Å². The minimum absolute atomic E-state index is 0.0471. The van der Waals surface area contributed by atoms with Crippen LogP contribution in [-0.2, 0) is 13.6 Å². The topological polar surface area (TPSA) is 118 Å². The second-order valence-electron chi connectivity index (χ2n) is 7.02. The number of H-pyrrole nitrogens is 1. The lowest BCUT2D eigenvalue weighted by Gasteiger charge is -2.31. The molecule has 1 saturated heterocycles. The smallest absolute Gasteiger partial charge is 0.253 e. The van der Waals surface area contributed by atoms with Crippen molar-refractivity contribution in [3.05, 3.63) is 53.9 Å². The van der Waals surface area contributed by atoms with E-state index >= 15 is 0 Å². The fourth-order valence-corrected chi connectivity index (χ4v) is 3.49. The molecule has 1 aliphatic heterocycles. The molecule has 3 heterocycles. The SMILES string of the molecule is Cn1cc(Nc2cccc(C(=O)N3CCC(c4n[nH]c(CN)n4)CC3)c2)cn1. The van der Waals surface area contributed by atoms with Crippen LogP contribution in [0.4, 0.5) is 11.4 Å². The summed E-state index contributed by atoms with van der Waals surface area (Å²) < 4.78 is 1.73. The highest BCUT2D eigenvalue weighted by molar-refractivity contribution is 5.95. The van der Waals surface area contributed by atoms with E-state index in [4.69, 9.17) is 5.73 Å². The maximum Gasteiger partial charge on any atom is 0.253 e. The number of aromatic amines is 1. The van der Waals surface area contributed by atoms with Gasteiger partial charge in [-0.2, -0.15) is 10.2 Å². The van der Waals surface area contributed by atoms with Crippen molar-refractivity contribution in [2.24, 2.45) is 12.8 Å². The number of aryl methyl sites for hydroxylation is 1. The van der Waals surface area contributed by atoms with Crippen LogP contribution < -0.4 is 11.1 Å². The highest BCUT2D eigenvalue weighted by Gasteiger charge is 2.27. The van der Waals surface area contributed by atoms with Crippen LogP contribution in [0.15, 0.2) is 36.7 Å². The quantitative estimate of drug-likeness (QED) is 0.621. The van der Waals surface area contributed by atoms with E-state index in [0.29, 0.717) is 31.0 Å². The molecule has 1 amide bonds. The van der Waals surface area contributed by atoms with E-state index in [9.17, 15) is 4.79 Å². The first-order valence-electron chi connectivity index (χ1n) is 9.38. The normalized spacial score (nSPS) is 15.0. The molecule has 9 heteroatoms. The van der Waals surface area contributed by atoms with Gasteiger partial charge >= 0.3 is 0 Å². The van der Waals surface area contributed by atoms with Crippen molar-refractivity contribution >= 4 is 17.3 Å². The Labute approximate surface area is 162 Å². The number of amides is 1. The minimum atomic E-state index is 0.0471. The molecule has 0 spiro atoms. The number of nitrogens with zero attached hydrogens (tertiary/aromatic N) is 5. The van der Waals surface area contributed by atoms with E-state index in [-0.39, 0.29) is 11.8 Å². The molecule has 146 valence electrons. The van der Waals surface area contributed by atoms with Crippen LogP contribution in [-0.4, -0.2) is 48.9 Å². The number of aromatic nitrogens is 5. The number of nitrogens with two attached hydrogens (primary N) is 1. The molecule has 1 fully saturated rings. The highest BCUT2D eigenvalue weighted by Crippen LogP contribution is 2.27. The third-order valence-electron chi connectivity index (χ3n) is 4.99. The van der Waals surface area contributed by atoms with Crippen molar-refractivity contribution in [2.45, 2.75) is 25.3 Å². The summed E-state index contributed by atoms with van der Waals surface area (Å²) in [4.78, 5) is 19.3. The second-order valence-corrected chi connectivity index (χ2v) is 7.02. The third-order valence-corrected chi connectivity index (χ3v) is 4.99. The molecule has 4 N–H and O–H groups in total. The molecule has 0 atom stereocenters. The molecule has 1 aliphatic rings. The predicted molar refractivity (Wildman–Crippen MR) is 105 cm³/mol. The number of carbonyl (C=O) groups is 1. The van der Waals surface area contributed by atoms with Crippen molar-refractivity contribution in [2.75, 3.05) is 18.4 Å². The maximum atomic E-state index is 12.9. The molecule has 0 saturated carbocycles. The number of rotatable bonds is 5. The first kappa shape index (κ1) is 18.2. The van der Waals surface area contributed by atoms with Crippen molar-refractivity contribution in [1.82, 2.24) is 29.9 Å². The van der Waals surface area contributed by atoms with E-state index in [1.165, 1.54) is 0 Å². The van der Waals surface area contributed by atoms with Crippen LogP contribution in [0, 0.1) is 0 Å². The molecule has 0 aliphatic carbocycles. The van der Waals surface area contributed by atoms with Crippen molar-refractivity contribution in [3.63, 3.8) is 0 Å². The Bertz CT molecular complexity index is 954. The van der Waals surface area contributed by atoms with Gasteiger partial charge in [-0.25, -0.2) is 4.98 Å². The fraction of sp³-hybridized carbons (Fsp3) is 0.368. The van der Waals surface area contributed by atoms with Gasteiger partial charge in [0.05, 0.1) is 18.4 Å².